The second kappa shape index (κ2) is 2.70. The first-order chi connectivity index (χ1) is 6.97. The third-order valence-electron chi connectivity index (χ3n) is 6.63. The van der Waals surface area contributed by atoms with E-state index in [1.54, 1.807) is 5.57 Å². The summed E-state index contributed by atoms with van der Waals surface area (Å²) in [6, 6.07) is 0. The van der Waals surface area contributed by atoms with Crippen molar-refractivity contribution in [1.82, 2.24) is 0 Å². The third kappa shape index (κ3) is 0.990. The summed E-state index contributed by atoms with van der Waals surface area (Å²) < 4.78 is 0. The summed E-state index contributed by atoms with van der Waals surface area (Å²) in [5.74, 6) is 2.90. The number of rotatable bonds is 0. The molecule has 3 rings (SSSR count). The molecule has 0 aromatic rings. The molecular weight excluding hydrogens is 180 g/mol. The highest BCUT2D eigenvalue weighted by molar-refractivity contribution is 5.22. The van der Waals surface area contributed by atoms with Gasteiger partial charge in [-0.05, 0) is 61.2 Å². The maximum atomic E-state index is 2.58. The monoisotopic (exact) mass is 204 g/mol. The molecule has 0 spiro atoms. The number of fused-ring (bicyclic) bond motifs is 4. The Kier molecular flexibility index (Phi) is 1.79. The van der Waals surface area contributed by atoms with Gasteiger partial charge in [-0.15, -0.1) is 0 Å². The van der Waals surface area contributed by atoms with Gasteiger partial charge in [0.15, 0.2) is 0 Å². The molecule has 0 heterocycles. The molecule has 0 unspecified atom stereocenters. The van der Waals surface area contributed by atoms with E-state index in [0.717, 1.165) is 17.8 Å². The van der Waals surface area contributed by atoms with E-state index in [1.807, 2.05) is 0 Å². The highest BCUT2D eigenvalue weighted by Gasteiger charge is 2.61. The molecule has 2 fully saturated rings. The second-order valence-corrected chi connectivity index (χ2v) is 7.01. The van der Waals surface area contributed by atoms with Gasteiger partial charge >= 0.3 is 0 Å². The van der Waals surface area contributed by atoms with Crippen molar-refractivity contribution in [3.63, 3.8) is 0 Å². The fourth-order valence-corrected chi connectivity index (χ4v) is 5.01. The molecule has 3 aliphatic rings. The summed E-state index contributed by atoms with van der Waals surface area (Å²) in [5.41, 5.74) is 2.91. The van der Waals surface area contributed by atoms with Crippen LogP contribution < -0.4 is 0 Å². The van der Waals surface area contributed by atoms with Crippen molar-refractivity contribution in [3.05, 3.63) is 11.6 Å². The highest BCUT2D eigenvalue weighted by Crippen LogP contribution is 2.69. The van der Waals surface area contributed by atoms with Crippen LogP contribution in [0.2, 0.25) is 0 Å². The lowest BCUT2D eigenvalue weighted by molar-refractivity contribution is -0.0371. The van der Waals surface area contributed by atoms with Crippen molar-refractivity contribution < 1.29 is 0 Å². The molecule has 0 radical (unpaired) electrons. The molecule has 0 aromatic heterocycles. The molecule has 0 aromatic carbocycles. The summed E-state index contributed by atoms with van der Waals surface area (Å²) in [7, 11) is 0. The van der Waals surface area contributed by atoms with Crippen molar-refractivity contribution in [2.24, 2.45) is 28.6 Å². The largest absolute Gasteiger partial charge is 0.0850 e. The van der Waals surface area contributed by atoms with Crippen molar-refractivity contribution >= 4 is 0 Å². The lowest BCUT2D eigenvalue weighted by Crippen LogP contribution is -2.46. The van der Waals surface area contributed by atoms with E-state index in [-0.39, 0.29) is 0 Å². The first-order valence-corrected chi connectivity index (χ1v) is 6.63. The average Bonchev–Trinajstić information content (AvgIpc) is 2.55. The van der Waals surface area contributed by atoms with E-state index in [9.17, 15) is 0 Å². The zero-order valence-electron chi connectivity index (χ0n) is 10.6. The van der Waals surface area contributed by atoms with E-state index in [0.29, 0.717) is 10.8 Å². The summed E-state index contributed by atoms with van der Waals surface area (Å²) in [4.78, 5) is 0. The molecule has 3 aliphatic carbocycles. The van der Waals surface area contributed by atoms with Crippen LogP contribution in [0.15, 0.2) is 11.6 Å². The molecule has 0 heteroatoms. The van der Waals surface area contributed by atoms with E-state index < -0.39 is 0 Å². The van der Waals surface area contributed by atoms with E-state index in [1.165, 1.54) is 25.7 Å². The molecule has 0 aliphatic heterocycles. The Morgan fingerprint density at radius 2 is 2.00 bits per heavy atom. The van der Waals surface area contributed by atoms with Crippen LogP contribution >= 0.6 is 0 Å². The van der Waals surface area contributed by atoms with Crippen molar-refractivity contribution in [1.29, 1.82) is 0 Å². The number of hydrogen-bond acceptors (Lipinski definition) is 0. The average molecular weight is 204 g/mol. The Balaban J connectivity index is 2.04. The second-order valence-electron chi connectivity index (χ2n) is 7.01. The summed E-state index contributed by atoms with van der Waals surface area (Å²) >= 11 is 0. The van der Waals surface area contributed by atoms with Gasteiger partial charge in [0.2, 0.25) is 0 Å². The fraction of sp³-hybridized carbons (Fsp3) is 0.867. The molecule has 2 saturated carbocycles. The quantitative estimate of drug-likeness (QED) is 0.513. The maximum Gasteiger partial charge on any atom is -0.0166 e. The Hall–Kier alpha value is -0.260. The smallest absolute Gasteiger partial charge is 0.0166 e. The van der Waals surface area contributed by atoms with Gasteiger partial charge in [-0.1, -0.05) is 32.4 Å². The van der Waals surface area contributed by atoms with Crippen LogP contribution in [0, 0.1) is 28.6 Å². The summed E-state index contributed by atoms with van der Waals surface area (Å²) in [6.45, 7) is 10.0. The molecule has 84 valence electrons. The standard InChI is InChI=1S/C15H24/c1-10-5-6-13-12(10)9-11-7-8-15(13,4)14(11,2)3/h5,11-13H,6-9H2,1-4H3/t11-,12+,13+,15+/m0/s1. The lowest BCUT2D eigenvalue weighted by Gasteiger charge is -2.53. The van der Waals surface area contributed by atoms with Crippen LogP contribution in [-0.2, 0) is 0 Å². The van der Waals surface area contributed by atoms with Gasteiger partial charge in [0.05, 0.1) is 0 Å². The van der Waals surface area contributed by atoms with Gasteiger partial charge in [0, 0.05) is 0 Å². The molecule has 0 N–H and O–H groups in total. The molecule has 15 heavy (non-hydrogen) atoms. The minimum atomic E-state index is 0.590. The van der Waals surface area contributed by atoms with Gasteiger partial charge in [0.25, 0.3) is 0 Å². The van der Waals surface area contributed by atoms with E-state index >= 15 is 0 Å². The van der Waals surface area contributed by atoms with Crippen LogP contribution in [0.1, 0.15) is 53.4 Å². The molecule has 0 saturated heterocycles. The van der Waals surface area contributed by atoms with Crippen molar-refractivity contribution in [2.75, 3.05) is 0 Å². The van der Waals surface area contributed by atoms with Gasteiger partial charge in [-0.3, -0.25) is 0 Å². The minimum absolute atomic E-state index is 0.590. The van der Waals surface area contributed by atoms with E-state index in [4.69, 9.17) is 0 Å². The topological polar surface area (TPSA) is 0 Å². The Morgan fingerprint density at radius 1 is 1.27 bits per heavy atom. The van der Waals surface area contributed by atoms with Crippen molar-refractivity contribution in [2.45, 2.75) is 53.4 Å². The molecule has 0 nitrogen and oxygen atoms in total. The Bertz CT molecular complexity index is 323. The predicted molar refractivity (Wildman–Crippen MR) is 64.6 cm³/mol. The minimum Gasteiger partial charge on any atom is -0.0850 e. The van der Waals surface area contributed by atoms with Crippen LogP contribution in [0.3, 0.4) is 0 Å². The number of allylic oxidation sites excluding steroid dienone is 2. The van der Waals surface area contributed by atoms with Crippen LogP contribution in [0.4, 0.5) is 0 Å². The first kappa shape index (κ1) is 9.93. The first-order valence-electron chi connectivity index (χ1n) is 6.63. The van der Waals surface area contributed by atoms with Gasteiger partial charge < -0.3 is 0 Å². The summed E-state index contributed by atoms with van der Waals surface area (Å²) in [5, 5.41) is 0. The van der Waals surface area contributed by atoms with Gasteiger partial charge in [-0.25, -0.2) is 0 Å². The zero-order valence-corrected chi connectivity index (χ0v) is 10.6. The van der Waals surface area contributed by atoms with E-state index in [2.05, 4.69) is 33.8 Å². The third-order valence-corrected chi connectivity index (χ3v) is 6.63. The zero-order chi connectivity index (χ0) is 10.8. The highest BCUT2D eigenvalue weighted by atomic mass is 14.7. The normalized spacial score (nSPS) is 51.5. The van der Waals surface area contributed by atoms with Gasteiger partial charge in [-0.2, -0.15) is 0 Å². The molecule has 0 amide bonds. The fourth-order valence-electron chi connectivity index (χ4n) is 5.01. The van der Waals surface area contributed by atoms with Crippen LogP contribution in [-0.4, -0.2) is 0 Å². The number of hydrogen-bond donors (Lipinski definition) is 0. The van der Waals surface area contributed by atoms with Crippen LogP contribution in [0.5, 0.6) is 0 Å². The Labute approximate surface area is 94.1 Å². The molecule has 2 bridgehead atoms. The Morgan fingerprint density at radius 3 is 2.73 bits per heavy atom. The molecule has 4 atom stereocenters. The molecular formula is C15H24. The maximum absolute atomic E-state index is 2.58. The predicted octanol–water partition coefficient (Wildman–Crippen LogP) is 4.42. The lowest BCUT2D eigenvalue weighted by atomic mass is 9.51. The van der Waals surface area contributed by atoms with Crippen molar-refractivity contribution in [3.8, 4) is 0 Å². The summed E-state index contributed by atoms with van der Waals surface area (Å²) in [6.07, 6.45) is 8.34. The SMILES string of the molecule is CC1=CC[C@@H]2[C@@H]1C[C@@H]1CC[C@@]2(C)C1(C)C. The van der Waals surface area contributed by atoms with Crippen LogP contribution in [0.25, 0.3) is 0 Å². The van der Waals surface area contributed by atoms with Gasteiger partial charge in [0.1, 0.15) is 0 Å².